The van der Waals surface area contributed by atoms with Crippen molar-refractivity contribution in [3.05, 3.63) is 33.8 Å². The molecule has 0 fully saturated rings. The lowest BCUT2D eigenvalue weighted by atomic mass is 9.91. The molecular weight excluding hydrogens is 337 g/mol. The molecule has 1 atom stereocenters. The number of alkyl halides is 4. The average molecular weight is 349 g/mol. The van der Waals surface area contributed by atoms with Crippen LogP contribution in [0.25, 0.3) is 0 Å². The van der Waals surface area contributed by atoms with Gasteiger partial charge in [0.15, 0.2) is 0 Å². The standard InChI is InChI=1S/C12H11Cl3F3NO/c1-11(12(16,17)18,19-10(20)6-13)5-7-8(14)3-2-4-9(7)15/h2-4H,5-6H2,1H3,(H,19,20). The van der Waals surface area contributed by atoms with Gasteiger partial charge in [0.25, 0.3) is 0 Å². The fourth-order valence-electron chi connectivity index (χ4n) is 1.61. The molecule has 8 heteroatoms. The second-order valence-electron chi connectivity index (χ2n) is 4.39. The lowest BCUT2D eigenvalue weighted by Crippen LogP contribution is -2.58. The third-order valence-corrected chi connectivity index (χ3v) is 3.71. The van der Waals surface area contributed by atoms with E-state index in [9.17, 15) is 18.0 Å². The fourth-order valence-corrected chi connectivity index (χ4v) is 2.21. The summed E-state index contributed by atoms with van der Waals surface area (Å²) in [5.74, 6) is -1.49. The molecule has 1 unspecified atom stereocenters. The number of halogens is 6. The Kier molecular flexibility index (Phi) is 5.58. The molecular formula is C12H11Cl3F3NO. The summed E-state index contributed by atoms with van der Waals surface area (Å²) in [6, 6.07) is 4.39. The molecule has 0 aliphatic heterocycles. The first-order valence-electron chi connectivity index (χ1n) is 5.47. The minimum absolute atomic E-state index is 0.105. The smallest absolute Gasteiger partial charge is 0.341 e. The molecule has 1 aromatic rings. The predicted octanol–water partition coefficient (Wildman–Crippen LogP) is 4.21. The number of amides is 1. The van der Waals surface area contributed by atoms with Crippen molar-refractivity contribution < 1.29 is 18.0 Å². The summed E-state index contributed by atoms with van der Waals surface area (Å²) in [6.45, 7) is 0.858. The Labute approximate surface area is 129 Å². The second kappa shape index (κ2) is 6.41. The van der Waals surface area contributed by atoms with Crippen molar-refractivity contribution in [1.29, 1.82) is 0 Å². The van der Waals surface area contributed by atoms with Crippen molar-refractivity contribution in [2.24, 2.45) is 0 Å². The van der Waals surface area contributed by atoms with Gasteiger partial charge in [-0.25, -0.2) is 0 Å². The summed E-state index contributed by atoms with van der Waals surface area (Å²) >= 11 is 17.0. The van der Waals surface area contributed by atoms with Gasteiger partial charge in [-0.05, 0) is 24.6 Å². The van der Waals surface area contributed by atoms with Gasteiger partial charge >= 0.3 is 6.18 Å². The van der Waals surface area contributed by atoms with Crippen LogP contribution in [0.2, 0.25) is 10.0 Å². The monoisotopic (exact) mass is 347 g/mol. The number of benzene rings is 1. The Bertz CT molecular complexity index is 487. The van der Waals surface area contributed by atoms with E-state index in [4.69, 9.17) is 34.8 Å². The zero-order chi connectivity index (χ0) is 15.6. The van der Waals surface area contributed by atoms with Gasteiger partial charge in [0.1, 0.15) is 11.4 Å². The van der Waals surface area contributed by atoms with Crippen LogP contribution in [0.1, 0.15) is 12.5 Å². The minimum atomic E-state index is -4.68. The van der Waals surface area contributed by atoms with Gasteiger partial charge in [-0.3, -0.25) is 4.79 Å². The summed E-state index contributed by atoms with van der Waals surface area (Å²) in [5.41, 5.74) is -2.39. The molecule has 0 radical (unpaired) electrons. The van der Waals surface area contributed by atoms with Crippen molar-refractivity contribution in [1.82, 2.24) is 5.32 Å². The molecule has 1 N–H and O–H groups in total. The molecule has 1 amide bonds. The molecule has 2 nitrogen and oxygen atoms in total. The van der Waals surface area contributed by atoms with Gasteiger partial charge in [0.2, 0.25) is 5.91 Å². The van der Waals surface area contributed by atoms with Crippen molar-refractivity contribution >= 4 is 40.7 Å². The third kappa shape index (κ3) is 3.93. The SMILES string of the molecule is CC(Cc1c(Cl)cccc1Cl)(NC(=O)CCl)C(F)(F)F. The van der Waals surface area contributed by atoms with Crippen molar-refractivity contribution in [2.45, 2.75) is 25.1 Å². The van der Waals surface area contributed by atoms with E-state index >= 15 is 0 Å². The first-order valence-corrected chi connectivity index (χ1v) is 6.76. The van der Waals surface area contributed by atoms with E-state index in [2.05, 4.69) is 0 Å². The van der Waals surface area contributed by atoms with Gasteiger partial charge in [0.05, 0.1) is 0 Å². The number of carbonyl (C=O) groups excluding carboxylic acids is 1. The molecule has 0 saturated heterocycles. The van der Waals surface area contributed by atoms with Gasteiger partial charge in [-0.2, -0.15) is 13.2 Å². The number of carbonyl (C=O) groups is 1. The molecule has 0 aliphatic rings. The van der Waals surface area contributed by atoms with Crippen LogP contribution in [0.3, 0.4) is 0 Å². The van der Waals surface area contributed by atoms with E-state index < -0.39 is 29.9 Å². The number of hydrogen-bond acceptors (Lipinski definition) is 1. The quantitative estimate of drug-likeness (QED) is 0.811. The van der Waals surface area contributed by atoms with Gasteiger partial charge in [-0.15, -0.1) is 11.6 Å². The number of nitrogens with one attached hydrogen (secondary N) is 1. The van der Waals surface area contributed by atoms with E-state index in [0.29, 0.717) is 0 Å². The molecule has 0 bridgehead atoms. The molecule has 1 aromatic carbocycles. The Morgan fingerprint density at radius 3 is 2.15 bits per heavy atom. The summed E-state index contributed by atoms with van der Waals surface area (Å²) in [5, 5.41) is 2.08. The molecule has 1 rings (SSSR count). The predicted molar refractivity (Wildman–Crippen MR) is 73.5 cm³/mol. The fraction of sp³-hybridized carbons (Fsp3) is 0.417. The van der Waals surface area contributed by atoms with Crippen LogP contribution in [0.5, 0.6) is 0 Å². The molecule has 112 valence electrons. The second-order valence-corrected chi connectivity index (χ2v) is 5.47. The molecule has 20 heavy (non-hydrogen) atoms. The highest BCUT2D eigenvalue weighted by Crippen LogP contribution is 2.36. The summed E-state index contributed by atoms with van der Waals surface area (Å²) < 4.78 is 39.6. The summed E-state index contributed by atoms with van der Waals surface area (Å²) in [4.78, 5) is 11.2. The van der Waals surface area contributed by atoms with E-state index in [0.717, 1.165) is 6.92 Å². The zero-order valence-electron chi connectivity index (χ0n) is 10.3. The molecule has 0 spiro atoms. The number of rotatable bonds is 4. The maximum absolute atomic E-state index is 13.2. The van der Waals surface area contributed by atoms with Gasteiger partial charge in [0, 0.05) is 16.5 Å². The van der Waals surface area contributed by atoms with Crippen LogP contribution in [0.15, 0.2) is 18.2 Å². The normalized spacial score (nSPS) is 14.8. The molecule has 0 saturated carbocycles. The van der Waals surface area contributed by atoms with E-state index in [1.165, 1.54) is 18.2 Å². The minimum Gasteiger partial charge on any atom is -0.341 e. The van der Waals surface area contributed by atoms with Gasteiger partial charge in [-0.1, -0.05) is 29.3 Å². The largest absolute Gasteiger partial charge is 0.411 e. The van der Waals surface area contributed by atoms with Crippen LogP contribution in [-0.4, -0.2) is 23.5 Å². The van der Waals surface area contributed by atoms with Crippen LogP contribution < -0.4 is 5.32 Å². The Balaban J connectivity index is 3.17. The van der Waals surface area contributed by atoms with Crippen LogP contribution in [0.4, 0.5) is 13.2 Å². The molecule has 0 aliphatic carbocycles. The van der Waals surface area contributed by atoms with Crippen LogP contribution in [-0.2, 0) is 11.2 Å². The highest BCUT2D eigenvalue weighted by atomic mass is 35.5. The highest BCUT2D eigenvalue weighted by Gasteiger charge is 2.52. The van der Waals surface area contributed by atoms with E-state index in [1.807, 2.05) is 5.32 Å². The molecule has 0 heterocycles. The van der Waals surface area contributed by atoms with Crippen LogP contribution in [0, 0.1) is 0 Å². The third-order valence-electron chi connectivity index (χ3n) is 2.75. The topological polar surface area (TPSA) is 29.1 Å². The lowest BCUT2D eigenvalue weighted by molar-refractivity contribution is -0.193. The number of hydrogen-bond donors (Lipinski definition) is 1. The molecule has 0 aromatic heterocycles. The first-order chi connectivity index (χ1) is 9.10. The first kappa shape index (κ1) is 17.4. The maximum Gasteiger partial charge on any atom is 0.411 e. The van der Waals surface area contributed by atoms with Crippen LogP contribution >= 0.6 is 34.8 Å². The van der Waals surface area contributed by atoms with Gasteiger partial charge < -0.3 is 5.32 Å². The van der Waals surface area contributed by atoms with Crippen molar-refractivity contribution in [2.75, 3.05) is 5.88 Å². The Hall–Kier alpha value is -0.650. The maximum atomic E-state index is 13.2. The van der Waals surface area contributed by atoms with E-state index in [-0.39, 0.29) is 15.6 Å². The zero-order valence-corrected chi connectivity index (χ0v) is 12.6. The highest BCUT2D eigenvalue weighted by molar-refractivity contribution is 6.36. The van der Waals surface area contributed by atoms with Crippen molar-refractivity contribution in [3.63, 3.8) is 0 Å². The summed E-state index contributed by atoms with van der Waals surface area (Å²) in [6.07, 6.45) is -5.27. The summed E-state index contributed by atoms with van der Waals surface area (Å²) in [7, 11) is 0. The lowest BCUT2D eigenvalue weighted by Gasteiger charge is -2.33. The Morgan fingerprint density at radius 1 is 1.25 bits per heavy atom. The average Bonchev–Trinajstić information content (AvgIpc) is 2.32. The van der Waals surface area contributed by atoms with Crippen molar-refractivity contribution in [3.8, 4) is 0 Å². The Morgan fingerprint density at radius 2 is 1.75 bits per heavy atom. The van der Waals surface area contributed by atoms with E-state index in [1.54, 1.807) is 0 Å².